The maximum atomic E-state index is 11.6. The van der Waals surface area contributed by atoms with Gasteiger partial charge in [-0.1, -0.05) is 0 Å². The van der Waals surface area contributed by atoms with Crippen molar-refractivity contribution in [3.8, 4) is 5.75 Å². The monoisotopic (exact) mass is 294 g/mol. The van der Waals surface area contributed by atoms with Gasteiger partial charge in [-0.2, -0.15) is 4.37 Å². The zero-order valence-electron chi connectivity index (χ0n) is 10.2. The number of carboxylic acid groups (broad SMARTS) is 1. The average molecular weight is 294 g/mol. The van der Waals surface area contributed by atoms with Crippen LogP contribution in [0.1, 0.15) is 16.2 Å². The third kappa shape index (κ3) is 3.20. The summed E-state index contributed by atoms with van der Waals surface area (Å²) in [7, 11) is 0. The molecular formula is C11H10N4O4S. The molecule has 1 heterocycles. The number of carbonyl (C=O) groups is 2. The van der Waals surface area contributed by atoms with Crippen LogP contribution in [0.25, 0.3) is 0 Å². The van der Waals surface area contributed by atoms with Crippen LogP contribution in [0.4, 0.5) is 15.6 Å². The second kappa shape index (κ2) is 5.53. The topological polar surface area (TPSA) is 124 Å². The number of hydrogen-bond acceptors (Lipinski definition) is 6. The summed E-state index contributed by atoms with van der Waals surface area (Å²) in [5.74, 6) is -1.13. The number of anilines is 2. The number of carboxylic acids is 1. The molecule has 0 saturated heterocycles. The molecule has 2 aromatic rings. The van der Waals surface area contributed by atoms with Crippen molar-refractivity contribution in [2.45, 2.75) is 6.92 Å². The molecule has 1 aromatic heterocycles. The van der Waals surface area contributed by atoms with Gasteiger partial charge in [-0.15, -0.1) is 0 Å². The first-order valence-corrected chi connectivity index (χ1v) is 6.17. The first-order chi connectivity index (χ1) is 9.45. The molecule has 9 heteroatoms. The van der Waals surface area contributed by atoms with E-state index in [2.05, 4.69) is 20.0 Å². The minimum absolute atomic E-state index is 0.240. The lowest BCUT2D eigenvalue weighted by Gasteiger charge is -2.06. The van der Waals surface area contributed by atoms with Crippen molar-refractivity contribution in [1.82, 2.24) is 9.36 Å². The van der Waals surface area contributed by atoms with Gasteiger partial charge in [0.15, 0.2) is 0 Å². The molecule has 2 rings (SSSR count). The molecule has 8 nitrogen and oxygen atoms in total. The Balaban J connectivity index is 2.04. The smallest absolute Gasteiger partial charge is 0.339 e. The molecule has 0 spiro atoms. The van der Waals surface area contributed by atoms with Gasteiger partial charge in [0, 0.05) is 23.3 Å². The number of phenols is 1. The fourth-order valence-electron chi connectivity index (χ4n) is 1.40. The second-order valence-electron chi connectivity index (χ2n) is 3.76. The van der Waals surface area contributed by atoms with E-state index in [4.69, 9.17) is 5.11 Å². The summed E-state index contributed by atoms with van der Waals surface area (Å²) >= 11 is 1.04. The van der Waals surface area contributed by atoms with Gasteiger partial charge in [0.1, 0.15) is 17.1 Å². The Kier molecular flexibility index (Phi) is 3.80. The molecule has 0 aliphatic rings. The first kappa shape index (κ1) is 13.7. The number of rotatable bonds is 3. The van der Waals surface area contributed by atoms with Crippen LogP contribution < -0.4 is 10.6 Å². The van der Waals surface area contributed by atoms with Crippen molar-refractivity contribution in [2.75, 3.05) is 10.6 Å². The summed E-state index contributed by atoms with van der Waals surface area (Å²) in [5.41, 5.74) is 0.0157. The van der Waals surface area contributed by atoms with Gasteiger partial charge in [-0.05, 0) is 19.1 Å². The van der Waals surface area contributed by atoms with Crippen molar-refractivity contribution in [3.05, 3.63) is 29.6 Å². The number of aromatic carboxylic acids is 1. The summed E-state index contributed by atoms with van der Waals surface area (Å²) < 4.78 is 3.90. The summed E-state index contributed by atoms with van der Waals surface area (Å²) in [4.78, 5) is 26.3. The van der Waals surface area contributed by atoms with Crippen molar-refractivity contribution in [1.29, 1.82) is 0 Å². The van der Waals surface area contributed by atoms with Crippen LogP contribution in [0.15, 0.2) is 18.2 Å². The fraction of sp³-hybridized carbons (Fsp3) is 0.0909. The number of nitrogens with one attached hydrogen (secondary N) is 2. The molecule has 0 bridgehead atoms. The van der Waals surface area contributed by atoms with Crippen LogP contribution >= 0.6 is 11.5 Å². The van der Waals surface area contributed by atoms with Gasteiger partial charge in [-0.3, -0.25) is 5.32 Å². The Morgan fingerprint density at radius 1 is 1.30 bits per heavy atom. The average Bonchev–Trinajstić information content (AvgIpc) is 2.74. The molecule has 0 atom stereocenters. The molecular weight excluding hydrogens is 284 g/mol. The van der Waals surface area contributed by atoms with E-state index in [0.29, 0.717) is 11.0 Å². The van der Waals surface area contributed by atoms with E-state index in [-0.39, 0.29) is 11.3 Å². The molecule has 4 N–H and O–H groups in total. The maximum absolute atomic E-state index is 11.6. The Hall–Kier alpha value is -2.68. The molecule has 104 valence electrons. The van der Waals surface area contributed by atoms with E-state index in [9.17, 15) is 14.7 Å². The van der Waals surface area contributed by atoms with Gasteiger partial charge in [0.05, 0.1) is 0 Å². The summed E-state index contributed by atoms with van der Waals surface area (Å²) in [5, 5.41) is 23.5. The van der Waals surface area contributed by atoms with E-state index in [1.807, 2.05) is 0 Å². The number of carbonyl (C=O) groups excluding carboxylic acids is 1. The van der Waals surface area contributed by atoms with Crippen molar-refractivity contribution >= 4 is 34.4 Å². The quantitative estimate of drug-likeness (QED) is 0.685. The highest BCUT2D eigenvalue weighted by molar-refractivity contribution is 7.09. The van der Waals surface area contributed by atoms with Crippen LogP contribution in [0.3, 0.4) is 0 Å². The lowest BCUT2D eigenvalue weighted by molar-refractivity contribution is 0.0694. The first-order valence-electron chi connectivity index (χ1n) is 5.40. The minimum atomic E-state index is -1.25. The molecule has 2 amide bonds. The number of benzene rings is 1. The normalized spacial score (nSPS) is 10.1. The maximum Gasteiger partial charge on any atom is 0.339 e. The predicted molar refractivity (Wildman–Crippen MR) is 72.4 cm³/mol. The Morgan fingerprint density at radius 3 is 2.60 bits per heavy atom. The number of nitrogens with zero attached hydrogens (tertiary/aromatic N) is 2. The second-order valence-corrected chi connectivity index (χ2v) is 4.51. The predicted octanol–water partition coefficient (Wildman–Crippen LogP) is 1.89. The summed E-state index contributed by atoms with van der Waals surface area (Å²) in [6.45, 7) is 1.70. The Labute approximate surface area is 117 Å². The highest BCUT2D eigenvalue weighted by Crippen LogP contribution is 2.22. The van der Waals surface area contributed by atoms with E-state index in [0.717, 1.165) is 17.6 Å². The molecule has 0 aliphatic heterocycles. The van der Waals surface area contributed by atoms with E-state index in [1.165, 1.54) is 12.1 Å². The standard InChI is InChI=1S/C11H10N4O4S/c1-5-12-11(20-15-5)14-10(19)13-6-2-3-7(9(17)18)8(16)4-6/h2-4,16H,1H3,(H,17,18)(H2,12,13,14,15,19). The SMILES string of the molecule is Cc1nsc(NC(=O)Nc2ccc(C(=O)O)c(O)c2)n1. The zero-order valence-corrected chi connectivity index (χ0v) is 11.1. The largest absolute Gasteiger partial charge is 0.507 e. The van der Waals surface area contributed by atoms with Crippen LogP contribution in [-0.4, -0.2) is 31.6 Å². The van der Waals surface area contributed by atoms with Crippen LogP contribution in [-0.2, 0) is 0 Å². The van der Waals surface area contributed by atoms with E-state index in [1.54, 1.807) is 6.92 Å². The molecule has 0 aliphatic carbocycles. The highest BCUT2D eigenvalue weighted by Gasteiger charge is 2.11. The van der Waals surface area contributed by atoms with Crippen LogP contribution in [0.5, 0.6) is 5.75 Å². The van der Waals surface area contributed by atoms with Gasteiger partial charge in [-0.25, -0.2) is 14.6 Å². The summed E-state index contributed by atoms with van der Waals surface area (Å²) in [6, 6.07) is 3.15. The number of aromatic hydroxyl groups is 1. The zero-order chi connectivity index (χ0) is 14.7. The third-order valence-corrected chi connectivity index (χ3v) is 2.96. The molecule has 0 fully saturated rings. The summed E-state index contributed by atoms with van der Waals surface area (Å²) in [6.07, 6.45) is 0. The van der Waals surface area contributed by atoms with Gasteiger partial charge < -0.3 is 15.5 Å². The number of urea groups is 1. The fourth-order valence-corrected chi connectivity index (χ4v) is 1.97. The highest BCUT2D eigenvalue weighted by atomic mass is 32.1. The Morgan fingerprint density at radius 2 is 2.05 bits per heavy atom. The van der Waals surface area contributed by atoms with Gasteiger partial charge in [0.2, 0.25) is 5.13 Å². The molecule has 20 heavy (non-hydrogen) atoms. The van der Waals surface area contributed by atoms with Gasteiger partial charge in [0.25, 0.3) is 0 Å². The minimum Gasteiger partial charge on any atom is -0.507 e. The number of hydrogen-bond donors (Lipinski definition) is 4. The molecule has 0 saturated carbocycles. The molecule has 1 aromatic carbocycles. The third-order valence-electron chi connectivity index (χ3n) is 2.23. The van der Waals surface area contributed by atoms with E-state index >= 15 is 0 Å². The van der Waals surface area contributed by atoms with Crippen LogP contribution in [0.2, 0.25) is 0 Å². The number of amides is 2. The number of aryl methyl sites for hydroxylation is 1. The molecule has 0 radical (unpaired) electrons. The van der Waals surface area contributed by atoms with Gasteiger partial charge >= 0.3 is 12.0 Å². The van der Waals surface area contributed by atoms with Crippen LogP contribution in [0, 0.1) is 6.92 Å². The van der Waals surface area contributed by atoms with Crippen molar-refractivity contribution in [2.24, 2.45) is 0 Å². The van der Waals surface area contributed by atoms with Crippen molar-refractivity contribution < 1.29 is 19.8 Å². The molecule has 0 unspecified atom stereocenters. The lowest BCUT2D eigenvalue weighted by Crippen LogP contribution is -2.19. The Bertz CT molecular complexity index is 670. The lowest BCUT2D eigenvalue weighted by atomic mass is 10.2. The van der Waals surface area contributed by atoms with E-state index < -0.39 is 17.7 Å². The number of aromatic nitrogens is 2. The van der Waals surface area contributed by atoms with Crippen molar-refractivity contribution in [3.63, 3.8) is 0 Å².